The molecular formula is C22H36O4S. The second kappa shape index (κ2) is 14.0. The first kappa shape index (κ1) is 24.0. The third kappa shape index (κ3) is 9.11. The Morgan fingerprint density at radius 3 is 2.74 bits per heavy atom. The minimum absolute atomic E-state index is 0.100. The number of hydrogen-bond donors (Lipinski definition) is 1. The number of thioether (sulfide) groups is 1. The van der Waals surface area contributed by atoms with Gasteiger partial charge in [0.05, 0.1) is 13.2 Å². The molecule has 1 rings (SSSR count). The summed E-state index contributed by atoms with van der Waals surface area (Å²) in [6.45, 7) is 2.15. The molecule has 0 aromatic rings. The molecule has 1 aliphatic carbocycles. The van der Waals surface area contributed by atoms with E-state index in [1.807, 2.05) is 18.4 Å². The molecule has 0 aromatic carbocycles. The van der Waals surface area contributed by atoms with Crippen LogP contribution in [0.2, 0.25) is 0 Å². The van der Waals surface area contributed by atoms with Gasteiger partial charge in [0.2, 0.25) is 0 Å². The van der Waals surface area contributed by atoms with E-state index in [9.17, 15) is 14.7 Å². The molecule has 0 radical (unpaired) electrons. The lowest BCUT2D eigenvalue weighted by molar-refractivity contribution is -0.140. The first-order chi connectivity index (χ1) is 13.0. The van der Waals surface area contributed by atoms with Crippen molar-refractivity contribution in [3.05, 3.63) is 23.8 Å². The summed E-state index contributed by atoms with van der Waals surface area (Å²) >= 11 is 1.73. The molecule has 3 atom stereocenters. The maximum absolute atomic E-state index is 12.4. The Balaban J connectivity index is 2.55. The van der Waals surface area contributed by atoms with Crippen molar-refractivity contribution in [3.8, 4) is 0 Å². The maximum Gasteiger partial charge on any atom is 0.305 e. The van der Waals surface area contributed by atoms with Crippen LogP contribution in [0.4, 0.5) is 0 Å². The average Bonchev–Trinajstić information content (AvgIpc) is 2.97. The standard InChI is InChI=1S/C22H36O4S/c1-4-5-8-11-17(23)14-15-19-18(20(24)16-21(19)27-3)12-9-6-7-10-13-22(25)26-2/h12,14-15,17,19,21,23H,4-11,13,16H2,1-3H3/b15-14+,18-12-/t17-,19+,21+/m0/s1. The van der Waals surface area contributed by atoms with Crippen LogP contribution in [0.15, 0.2) is 23.8 Å². The zero-order chi connectivity index (χ0) is 20.1. The number of ketones is 1. The van der Waals surface area contributed by atoms with Gasteiger partial charge in [0.15, 0.2) is 5.78 Å². The summed E-state index contributed by atoms with van der Waals surface area (Å²) in [6, 6.07) is 0. The molecule has 1 fully saturated rings. The van der Waals surface area contributed by atoms with Gasteiger partial charge in [0.1, 0.15) is 0 Å². The van der Waals surface area contributed by atoms with Crippen LogP contribution in [0.1, 0.15) is 71.1 Å². The first-order valence-electron chi connectivity index (χ1n) is 10.2. The number of methoxy groups -OCH3 is 1. The van der Waals surface area contributed by atoms with Crippen LogP contribution in [-0.4, -0.2) is 41.6 Å². The Bertz CT molecular complexity index is 512. The summed E-state index contributed by atoms with van der Waals surface area (Å²) < 4.78 is 4.64. The fourth-order valence-corrected chi connectivity index (χ4v) is 4.27. The SMILES string of the molecule is CCCCC[C@H](O)/C=C/[C@@H]1/C(=C/CCCCCC(=O)OC)C(=O)C[C@H]1SC. The monoisotopic (exact) mass is 396 g/mol. The van der Waals surface area contributed by atoms with Crippen LogP contribution in [0.5, 0.6) is 0 Å². The summed E-state index contributed by atoms with van der Waals surface area (Å²) in [7, 11) is 1.41. The highest BCUT2D eigenvalue weighted by atomic mass is 32.2. The predicted octanol–water partition coefficient (Wildman–Crippen LogP) is 4.85. The van der Waals surface area contributed by atoms with E-state index in [1.54, 1.807) is 11.8 Å². The highest BCUT2D eigenvalue weighted by Gasteiger charge is 2.35. The zero-order valence-corrected chi connectivity index (χ0v) is 17.9. The quantitative estimate of drug-likeness (QED) is 0.209. The lowest BCUT2D eigenvalue weighted by Crippen LogP contribution is -2.10. The molecule has 0 aliphatic heterocycles. The van der Waals surface area contributed by atoms with Gasteiger partial charge in [-0.2, -0.15) is 11.8 Å². The fraction of sp³-hybridized carbons (Fsp3) is 0.727. The van der Waals surface area contributed by atoms with Gasteiger partial charge in [0.25, 0.3) is 0 Å². The second-order valence-corrected chi connectivity index (χ2v) is 8.29. The predicted molar refractivity (Wildman–Crippen MR) is 113 cm³/mol. The van der Waals surface area contributed by atoms with Gasteiger partial charge in [-0.1, -0.05) is 50.8 Å². The Morgan fingerprint density at radius 2 is 2.07 bits per heavy atom. The van der Waals surface area contributed by atoms with Gasteiger partial charge in [-0.05, 0) is 37.5 Å². The van der Waals surface area contributed by atoms with Crippen molar-refractivity contribution < 1.29 is 19.4 Å². The van der Waals surface area contributed by atoms with Crippen molar-refractivity contribution in [2.75, 3.05) is 13.4 Å². The molecule has 0 spiro atoms. The molecule has 5 heteroatoms. The molecule has 0 heterocycles. The topological polar surface area (TPSA) is 63.6 Å². The lowest BCUT2D eigenvalue weighted by Gasteiger charge is -2.15. The van der Waals surface area contributed by atoms with E-state index in [4.69, 9.17) is 0 Å². The summed E-state index contributed by atoms with van der Waals surface area (Å²) in [5, 5.41) is 10.4. The van der Waals surface area contributed by atoms with Crippen LogP contribution in [0.25, 0.3) is 0 Å². The molecule has 1 N–H and O–H groups in total. The number of allylic oxidation sites excluding steroid dienone is 3. The summed E-state index contributed by atoms with van der Waals surface area (Å²) in [6.07, 6.45) is 16.4. The Kier molecular flexibility index (Phi) is 12.4. The Morgan fingerprint density at radius 1 is 1.30 bits per heavy atom. The van der Waals surface area contributed by atoms with Crippen LogP contribution in [-0.2, 0) is 14.3 Å². The molecule has 0 aromatic heterocycles. The van der Waals surface area contributed by atoms with E-state index in [0.717, 1.165) is 56.9 Å². The van der Waals surface area contributed by atoms with Crippen molar-refractivity contribution in [1.82, 2.24) is 0 Å². The Hall–Kier alpha value is -1.07. The normalized spacial score (nSPS) is 22.7. The van der Waals surface area contributed by atoms with Crippen molar-refractivity contribution in [2.45, 2.75) is 82.5 Å². The van der Waals surface area contributed by atoms with Crippen molar-refractivity contribution in [3.63, 3.8) is 0 Å². The molecule has 27 heavy (non-hydrogen) atoms. The number of carbonyl (C=O) groups excluding carboxylic acids is 2. The largest absolute Gasteiger partial charge is 0.469 e. The van der Waals surface area contributed by atoms with E-state index in [1.165, 1.54) is 7.11 Å². The van der Waals surface area contributed by atoms with E-state index in [2.05, 4.69) is 17.7 Å². The molecule has 1 saturated carbocycles. The summed E-state index contributed by atoms with van der Waals surface area (Å²) in [4.78, 5) is 23.5. The van der Waals surface area contributed by atoms with Crippen molar-refractivity contribution in [2.24, 2.45) is 5.92 Å². The van der Waals surface area contributed by atoms with E-state index in [0.29, 0.717) is 12.8 Å². The number of hydrogen-bond acceptors (Lipinski definition) is 5. The first-order valence-corrected chi connectivity index (χ1v) is 11.5. The van der Waals surface area contributed by atoms with Crippen LogP contribution < -0.4 is 0 Å². The summed E-state index contributed by atoms with van der Waals surface area (Å²) in [5.74, 6) is 0.173. The third-order valence-corrected chi connectivity index (χ3v) is 6.16. The number of ether oxygens (including phenoxy) is 1. The lowest BCUT2D eigenvalue weighted by atomic mass is 9.98. The van der Waals surface area contributed by atoms with Crippen LogP contribution in [0.3, 0.4) is 0 Å². The number of aliphatic hydroxyl groups excluding tert-OH is 1. The van der Waals surface area contributed by atoms with E-state index >= 15 is 0 Å². The molecule has 0 amide bonds. The molecule has 0 saturated heterocycles. The van der Waals surface area contributed by atoms with E-state index in [-0.39, 0.29) is 22.9 Å². The maximum atomic E-state index is 12.4. The summed E-state index contributed by atoms with van der Waals surface area (Å²) in [5.41, 5.74) is 0.902. The van der Waals surface area contributed by atoms with Gasteiger partial charge in [-0.15, -0.1) is 0 Å². The highest BCUT2D eigenvalue weighted by molar-refractivity contribution is 7.99. The van der Waals surface area contributed by atoms with Crippen molar-refractivity contribution >= 4 is 23.5 Å². The number of carbonyl (C=O) groups is 2. The third-order valence-electron chi connectivity index (χ3n) is 5.09. The van der Waals surface area contributed by atoms with Gasteiger partial charge in [-0.25, -0.2) is 0 Å². The number of rotatable bonds is 13. The molecule has 0 bridgehead atoms. The number of aliphatic hydroxyl groups is 1. The second-order valence-electron chi connectivity index (χ2n) is 7.21. The molecule has 0 unspecified atom stereocenters. The fourth-order valence-electron chi connectivity index (χ4n) is 3.42. The minimum atomic E-state index is -0.422. The van der Waals surface area contributed by atoms with Gasteiger partial charge in [0, 0.05) is 24.0 Å². The number of esters is 1. The van der Waals surface area contributed by atoms with Crippen LogP contribution >= 0.6 is 11.8 Å². The molecular weight excluding hydrogens is 360 g/mol. The number of unbranched alkanes of at least 4 members (excludes halogenated alkanes) is 5. The van der Waals surface area contributed by atoms with Gasteiger partial charge >= 0.3 is 5.97 Å². The zero-order valence-electron chi connectivity index (χ0n) is 17.1. The molecule has 1 aliphatic rings. The Labute approximate surface area is 168 Å². The molecule has 154 valence electrons. The van der Waals surface area contributed by atoms with E-state index < -0.39 is 6.10 Å². The van der Waals surface area contributed by atoms with Crippen molar-refractivity contribution in [1.29, 1.82) is 0 Å². The van der Waals surface area contributed by atoms with Crippen LogP contribution in [0, 0.1) is 5.92 Å². The van der Waals surface area contributed by atoms with Gasteiger partial charge in [-0.3, -0.25) is 9.59 Å². The molecule has 4 nitrogen and oxygen atoms in total. The minimum Gasteiger partial charge on any atom is -0.469 e. The average molecular weight is 397 g/mol. The highest BCUT2D eigenvalue weighted by Crippen LogP contribution is 2.37. The van der Waals surface area contributed by atoms with Gasteiger partial charge < -0.3 is 9.84 Å². The smallest absolute Gasteiger partial charge is 0.305 e. The number of Topliss-reactive ketones (excluding diaryl/α,β-unsaturated/α-hetero) is 1.